The summed E-state index contributed by atoms with van der Waals surface area (Å²) in [6, 6.07) is 14.0. The molecule has 1 aliphatic carbocycles. The molecule has 0 fully saturated rings. The molecule has 1 nitrogen and oxygen atoms in total. The molecule has 2 aromatic rings. The van der Waals surface area contributed by atoms with Gasteiger partial charge in [-0.25, -0.2) is 0 Å². The highest BCUT2D eigenvalue weighted by Gasteiger charge is 2.18. The van der Waals surface area contributed by atoms with Crippen LogP contribution in [0.4, 0.5) is 0 Å². The average Bonchev–Trinajstić information content (AvgIpc) is 2.57. The van der Waals surface area contributed by atoms with Crippen molar-refractivity contribution in [2.24, 2.45) is 0 Å². The predicted molar refractivity (Wildman–Crippen MR) is 76.0 cm³/mol. The zero-order valence-corrected chi connectivity index (χ0v) is 10.0. The minimum atomic E-state index is -0.578. The lowest BCUT2D eigenvalue weighted by Gasteiger charge is -2.15. The smallest absolute Gasteiger partial charge is 0.105 e. The number of aliphatic hydroxyl groups is 1. The lowest BCUT2D eigenvalue weighted by molar-refractivity contribution is 0.220. The van der Waals surface area contributed by atoms with Gasteiger partial charge in [0.15, 0.2) is 0 Å². The molecule has 1 aliphatic rings. The summed E-state index contributed by atoms with van der Waals surface area (Å²) in [7, 11) is 0. The number of benzene rings is 2. The highest BCUT2D eigenvalue weighted by Crippen LogP contribution is 2.33. The minimum absolute atomic E-state index is 0.578. The van der Waals surface area contributed by atoms with Gasteiger partial charge in [-0.1, -0.05) is 61.2 Å². The summed E-state index contributed by atoms with van der Waals surface area (Å²) in [6.07, 6.45) is 5.33. The molecule has 0 heterocycles. The second-order valence-corrected chi connectivity index (χ2v) is 4.46. The van der Waals surface area contributed by atoms with Crippen LogP contribution in [0.1, 0.15) is 33.9 Å². The lowest BCUT2D eigenvalue weighted by Crippen LogP contribution is -2.02. The van der Waals surface area contributed by atoms with Gasteiger partial charge in [-0.05, 0) is 33.9 Å². The van der Waals surface area contributed by atoms with Gasteiger partial charge in [0.25, 0.3) is 0 Å². The highest BCUT2D eigenvalue weighted by atomic mass is 16.3. The second-order valence-electron chi connectivity index (χ2n) is 4.46. The van der Waals surface area contributed by atoms with Gasteiger partial charge in [0.05, 0.1) is 0 Å². The standard InChI is InChI=1S/C17H14O/c1-2-12-7-8-14-10-9-13-5-3-4-6-15(13)17(18)16(14)11-12/h2-11,17-18H,1H2. The Balaban J connectivity index is 2.23. The highest BCUT2D eigenvalue weighted by molar-refractivity contribution is 5.76. The van der Waals surface area contributed by atoms with E-state index in [-0.39, 0.29) is 0 Å². The van der Waals surface area contributed by atoms with Crippen molar-refractivity contribution in [3.05, 3.63) is 76.9 Å². The molecule has 1 N–H and O–H groups in total. The summed E-state index contributed by atoms with van der Waals surface area (Å²) in [4.78, 5) is 0. The summed E-state index contributed by atoms with van der Waals surface area (Å²) in [5.74, 6) is 0. The molecule has 1 atom stereocenters. The largest absolute Gasteiger partial charge is 0.384 e. The van der Waals surface area contributed by atoms with Gasteiger partial charge >= 0.3 is 0 Å². The van der Waals surface area contributed by atoms with Crippen LogP contribution in [0.15, 0.2) is 49.0 Å². The third-order valence-electron chi connectivity index (χ3n) is 3.37. The molecule has 1 unspecified atom stereocenters. The normalized spacial score (nSPS) is 16.6. The van der Waals surface area contributed by atoms with Gasteiger partial charge in [0.1, 0.15) is 6.10 Å². The van der Waals surface area contributed by atoms with E-state index in [1.54, 1.807) is 6.08 Å². The molecule has 0 bridgehead atoms. The number of rotatable bonds is 1. The molecule has 0 saturated heterocycles. The van der Waals surface area contributed by atoms with Crippen LogP contribution in [0, 0.1) is 0 Å². The Morgan fingerprint density at radius 1 is 0.944 bits per heavy atom. The van der Waals surface area contributed by atoms with E-state index >= 15 is 0 Å². The van der Waals surface area contributed by atoms with Crippen LogP contribution in [-0.4, -0.2) is 5.11 Å². The quantitative estimate of drug-likeness (QED) is 0.793. The molecule has 0 saturated carbocycles. The van der Waals surface area contributed by atoms with Crippen LogP contribution in [0.2, 0.25) is 0 Å². The molecule has 3 rings (SSSR count). The van der Waals surface area contributed by atoms with Gasteiger partial charge in [-0.15, -0.1) is 0 Å². The van der Waals surface area contributed by atoms with Crippen LogP contribution in [-0.2, 0) is 0 Å². The van der Waals surface area contributed by atoms with Crippen LogP contribution >= 0.6 is 0 Å². The molecule has 0 spiro atoms. The fourth-order valence-corrected chi connectivity index (χ4v) is 2.37. The van der Waals surface area contributed by atoms with Crippen molar-refractivity contribution in [1.29, 1.82) is 0 Å². The molecule has 1 heteroatoms. The molecule has 2 aromatic carbocycles. The van der Waals surface area contributed by atoms with Gasteiger partial charge in [0.2, 0.25) is 0 Å². The van der Waals surface area contributed by atoms with E-state index in [0.29, 0.717) is 0 Å². The first kappa shape index (κ1) is 11.0. The Bertz CT molecular complexity index is 638. The van der Waals surface area contributed by atoms with E-state index in [4.69, 9.17) is 0 Å². The predicted octanol–water partition coefficient (Wildman–Crippen LogP) is 3.90. The van der Waals surface area contributed by atoms with E-state index in [2.05, 4.69) is 18.7 Å². The Labute approximate surface area is 107 Å². The minimum Gasteiger partial charge on any atom is -0.384 e. The fraction of sp³-hybridized carbons (Fsp3) is 0.0588. The first-order valence-electron chi connectivity index (χ1n) is 6.01. The van der Waals surface area contributed by atoms with E-state index in [9.17, 15) is 5.11 Å². The Hall–Kier alpha value is -2.12. The van der Waals surface area contributed by atoms with Crippen LogP contribution < -0.4 is 0 Å². The molecular formula is C17H14O. The molecule has 18 heavy (non-hydrogen) atoms. The molecule has 0 radical (unpaired) electrons. The summed E-state index contributed by atoms with van der Waals surface area (Å²) in [5, 5.41) is 10.5. The van der Waals surface area contributed by atoms with Crippen molar-refractivity contribution in [2.75, 3.05) is 0 Å². The van der Waals surface area contributed by atoms with Crippen molar-refractivity contribution in [3.63, 3.8) is 0 Å². The monoisotopic (exact) mass is 234 g/mol. The Morgan fingerprint density at radius 3 is 2.44 bits per heavy atom. The third kappa shape index (κ3) is 1.69. The topological polar surface area (TPSA) is 20.2 Å². The van der Waals surface area contributed by atoms with Gasteiger partial charge < -0.3 is 5.11 Å². The molecule has 88 valence electrons. The van der Waals surface area contributed by atoms with Crippen molar-refractivity contribution < 1.29 is 5.11 Å². The SMILES string of the molecule is C=Cc1ccc2c(c1)C(O)c1ccccc1C=C2. The fourth-order valence-electron chi connectivity index (χ4n) is 2.37. The summed E-state index contributed by atoms with van der Waals surface area (Å²) < 4.78 is 0. The van der Waals surface area contributed by atoms with Crippen LogP contribution in [0.25, 0.3) is 18.2 Å². The Kier molecular flexibility index (Phi) is 2.62. The maximum atomic E-state index is 10.5. The molecular weight excluding hydrogens is 220 g/mol. The second kappa shape index (κ2) is 4.28. The van der Waals surface area contributed by atoms with Crippen molar-refractivity contribution >= 4 is 18.2 Å². The lowest BCUT2D eigenvalue weighted by atomic mass is 9.95. The van der Waals surface area contributed by atoms with Gasteiger partial charge in [-0.2, -0.15) is 0 Å². The van der Waals surface area contributed by atoms with Crippen molar-refractivity contribution in [1.82, 2.24) is 0 Å². The van der Waals surface area contributed by atoms with Gasteiger partial charge in [0, 0.05) is 0 Å². The number of fused-ring (bicyclic) bond motifs is 2. The van der Waals surface area contributed by atoms with Crippen molar-refractivity contribution in [2.45, 2.75) is 6.10 Å². The van der Waals surface area contributed by atoms with Gasteiger partial charge in [-0.3, -0.25) is 0 Å². The summed E-state index contributed by atoms with van der Waals surface area (Å²) in [6.45, 7) is 3.77. The Morgan fingerprint density at radius 2 is 1.67 bits per heavy atom. The maximum absolute atomic E-state index is 10.5. The summed E-state index contributed by atoms with van der Waals surface area (Å²) in [5.41, 5.74) is 5.05. The van der Waals surface area contributed by atoms with Crippen molar-refractivity contribution in [3.8, 4) is 0 Å². The molecule has 0 amide bonds. The molecule has 0 aliphatic heterocycles. The zero-order valence-electron chi connectivity index (χ0n) is 10.0. The van der Waals surface area contributed by atoms with E-state index < -0.39 is 6.10 Å². The summed E-state index contributed by atoms with van der Waals surface area (Å²) >= 11 is 0. The van der Waals surface area contributed by atoms with Crippen LogP contribution in [0.5, 0.6) is 0 Å². The maximum Gasteiger partial charge on any atom is 0.105 e. The molecule has 0 aromatic heterocycles. The zero-order chi connectivity index (χ0) is 12.5. The first-order chi connectivity index (χ1) is 8.79. The number of hydrogen-bond acceptors (Lipinski definition) is 1. The third-order valence-corrected chi connectivity index (χ3v) is 3.37. The van der Waals surface area contributed by atoms with Crippen LogP contribution in [0.3, 0.4) is 0 Å². The van der Waals surface area contributed by atoms with E-state index in [1.807, 2.05) is 42.5 Å². The average molecular weight is 234 g/mol. The van der Waals surface area contributed by atoms with E-state index in [1.165, 1.54) is 0 Å². The number of hydrogen-bond donors (Lipinski definition) is 1. The van der Waals surface area contributed by atoms with E-state index in [0.717, 1.165) is 27.8 Å². The first-order valence-corrected chi connectivity index (χ1v) is 6.01. The number of aliphatic hydroxyl groups excluding tert-OH is 1.